The van der Waals surface area contributed by atoms with Crippen LogP contribution in [-0.4, -0.2) is 7.11 Å². The van der Waals surface area contributed by atoms with Crippen LogP contribution in [0.25, 0.3) is 0 Å². The summed E-state index contributed by atoms with van der Waals surface area (Å²) in [5, 5.41) is 6.92. The van der Waals surface area contributed by atoms with Crippen LogP contribution >= 0.6 is 18.6 Å². The Morgan fingerprint density at radius 1 is 0.839 bits per heavy atom. The van der Waals surface area contributed by atoms with Gasteiger partial charge < -0.3 is 4.74 Å². The van der Waals surface area contributed by atoms with Crippen molar-refractivity contribution < 1.29 is 9.30 Å². The van der Waals surface area contributed by atoms with Gasteiger partial charge in [0.15, 0.2) is 0 Å². The van der Waals surface area contributed by atoms with Crippen LogP contribution in [0.15, 0.2) is 102 Å². The maximum atomic E-state index is 14.5. The largest absolute Gasteiger partial charge is 0.497 e. The highest BCUT2D eigenvalue weighted by molar-refractivity contribution is 7.76. The molecule has 3 nitrogen and oxygen atoms in total. The highest BCUT2D eigenvalue weighted by Crippen LogP contribution is 2.41. The Morgan fingerprint density at radius 2 is 1.45 bits per heavy atom. The first kappa shape index (κ1) is 21.2. The lowest BCUT2D eigenvalue weighted by molar-refractivity contribution is 0.414. The van der Waals surface area contributed by atoms with Crippen LogP contribution in [0.5, 0.6) is 5.75 Å². The molecule has 1 N–H and O–H groups in total. The van der Waals surface area contributed by atoms with Crippen molar-refractivity contribution in [2.24, 2.45) is 0 Å². The minimum Gasteiger partial charge on any atom is -0.497 e. The number of hydrogen-bond acceptors (Lipinski definition) is 3. The van der Waals surface area contributed by atoms with Gasteiger partial charge in [-0.2, -0.15) is 0 Å². The van der Waals surface area contributed by atoms with Gasteiger partial charge in [-0.05, 0) is 53.4 Å². The lowest BCUT2D eigenvalue weighted by Gasteiger charge is -2.24. The van der Waals surface area contributed by atoms with Crippen molar-refractivity contribution in [2.45, 2.75) is 6.04 Å². The monoisotopic (exact) mass is 443 g/mol. The van der Waals surface area contributed by atoms with E-state index in [4.69, 9.17) is 4.74 Å². The highest BCUT2D eigenvalue weighted by atomic mass is 32.1. The Bertz CT molecular complexity index is 1170. The topological polar surface area (TPSA) is 38.3 Å². The van der Waals surface area contributed by atoms with Crippen molar-refractivity contribution >= 4 is 29.2 Å². The van der Waals surface area contributed by atoms with Gasteiger partial charge in [-0.25, -0.2) is 5.09 Å². The second-order valence-electron chi connectivity index (χ2n) is 6.86. The molecule has 1 atom stereocenters. The van der Waals surface area contributed by atoms with E-state index in [1.54, 1.807) is 18.4 Å². The summed E-state index contributed by atoms with van der Waals surface area (Å²) in [6.07, 6.45) is 0. The van der Waals surface area contributed by atoms with E-state index in [-0.39, 0.29) is 0 Å². The van der Waals surface area contributed by atoms with E-state index in [9.17, 15) is 4.57 Å². The molecule has 0 aliphatic heterocycles. The predicted molar refractivity (Wildman–Crippen MR) is 130 cm³/mol. The molecule has 3 aromatic carbocycles. The zero-order valence-corrected chi connectivity index (χ0v) is 18.8. The van der Waals surface area contributed by atoms with Crippen molar-refractivity contribution in [3.8, 4) is 17.6 Å². The van der Waals surface area contributed by atoms with Gasteiger partial charge in [-0.15, -0.1) is 11.3 Å². The first-order chi connectivity index (χ1) is 15.2. The summed E-state index contributed by atoms with van der Waals surface area (Å²) in [4.78, 5) is 0.967. The molecule has 5 heteroatoms. The molecule has 0 spiro atoms. The number of methoxy groups -OCH3 is 1. The molecule has 0 aliphatic rings. The minimum absolute atomic E-state index is 0.431. The van der Waals surface area contributed by atoms with Crippen molar-refractivity contribution in [3.05, 3.63) is 113 Å². The second kappa shape index (κ2) is 9.81. The lowest BCUT2D eigenvalue weighted by atomic mass is 10.1. The summed E-state index contributed by atoms with van der Waals surface area (Å²) in [6.45, 7) is 0. The van der Waals surface area contributed by atoms with Crippen LogP contribution in [-0.2, 0) is 4.57 Å². The summed E-state index contributed by atoms with van der Waals surface area (Å²) < 4.78 is 19.8. The zero-order chi connectivity index (χ0) is 21.5. The molecule has 0 fully saturated rings. The van der Waals surface area contributed by atoms with E-state index in [0.717, 1.165) is 26.8 Å². The molecule has 0 radical (unpaired) electrons. The standard InChI is InChI=1S/C26H22NO2PS/c1-29-22-16-14-21(15-17-22)26(19-18-25-13-8-20-31-25)27-30(28,23-9-4-2-5-10-23)24-11-6-3-7-12-24/h2-17,20,26H,1H3,(H,27,28)/t26-/m0/s1. The van der Waals surface area contributed by atoms with Gasteiger partial charge in [0.1, 0.15) is 11.8 Å². The van der Waals surface area contributed by atoms with Crippen LogP contribution < -0.4 is 20.4 Å². The SMILES string of the molecule is COc1ccc([C@H](C#Cc2cccs2)NP(=O)(c2ccccc2)c2ccccc2)cc1. The summed E-state index contributed by atoms with van der Waals surface area (Å²) in [7, 11) is -1.51. The maximum absolute atomic E-state index is 14.5. The molecular formula is C26H22NO2PS. The lowest BCUT2D eigenvalue weighted by Crippen LogP contribution is -2.30. The molecule has 4 rings (SSSR count). The van der Waals surface area contributed by atoms with Gasteiger partial charge in [0.05, 0.1) is 12.0 Å². The molecule has 4 aromatic rings. The van der Waals surface area contributed by atoms with Crippen LogP contribution in [0.3, 0.4) is 0 Å². The second-order valence-corrected chi connectivity index (χ2v) is 10.3. The number of ether oxygens (including phenoxy) is 1. The number of benzene rings is 3. The third-order valence-corrected chi connectivity index (χ3v) is 8.32. The molecule has 154 valence electrons. The Labute approximate surface area is 187 Å². The van der Waals surface area contributed by atoms with Crippen LogP contribution in [0, 0.1) is 11.8 Å². The van der Waals surface area contributed by atoms with Crippen LogP contribution in [0.4, 0.5) is 0 Å². The number of nitrogens with one attached hydrogen (secondary N) is 1. The number of thiophene rings is 1. The minimum atomic E-state index is -3.15. The molecular weight excluding hydrogens is 421 g/mol. The van der Waals surface area contributed by atoms with Crippen molar-refractivity contribution in [1.82, 2.24) is 5.09 Å². The third-order valence-electron chi connectivity index (χ3n) is 4.86. The van der Waals surface area contributed by atoms with E-state index in [1.807, 2.05) is 102 Å². The molecule has 0 bridgehead atoms. The molecule has 0 amide bonds. The summed E-state index contributed by atoms with van der Waals surface area (Å²) in [5.41, 5.74) is 0.928. The molecule has 0 saturated carbocycles. The molecule has 0 saturated heterocycles. The van der Waals surface area contributed by atoms with Gasteiger partial charge in [0.25, 0.3) is 0 Å². The summed E-state index contributed by atoms with van der Waals surface area (Å²) in [5.74, 6) is 7.31. The van der Waals surface area contributed by atoms with E-state index >= 15 is 0 Å². The number of rotatable bonds is 6. The fourth-order valence-electron chi connectivity index (χ4n) is 3.24. The first-order valence-corrected chi connectivity index (χ1v) is 12.5. The Balaban J connectivity index is 1.79. The van der Waals surface area contributed by atoms with E-state index in [2.05, 4.69) is 16.9 Å². The Kier molecular flexibility index (Phi) is 6.70. The van der Waals surface area contributed by atoms with E-state index in [1.165, 1.54) is 0 Å². The van der Waals surface area contributed by atoms with Gasteiger partial charge in [-0.1, -0.05) is 66.4 Å². The fourth-order valence-corrected chi connectivity index (χ4v) is 6.17. The van der Waals surface area contributed by atoms with Gasteiger partial charge in [0.2, 0.25) is 7.29 Å². The average molecular weight is 444 g/mol. The predicted octanol–water partition coefficient (Wildman–Crippen LogP) is 5.37. The van der Waals surface area contributed by atoms with Crippen molar-refractivity contribution in [3.63, 3.8) is 0 Å². The summed E-state index contributed by atoms with van der Waals surface area (Å²) >= 11 is 1.59. The zero-order valence-electron chi connectivity index (χ0n) is 17.1. The fraction of sp³-hybridized carbons (Fsp3) is 0.0769. The van der Waals surface area contributed by atoms with Gasteiger partial charge in [0, 0.05) is 10.6 Å². The van der Waals surface area contributed by atoms with Crippen molar-refractivity contribution in [1.29, 1.82) is 0 Å². The van der Waals surface area contributed by atoms with Crippen LogP contribution in [0.2, 0.25) is 0 Å². The highest BCUT2D eigenvalue weighted by Gasteiger charge is 2.30. The Morgan fingerprint density at radius 3 is 1.97 bits per heavy atom. The smallest absolute Gasteiger partial charge is 0.205 e. The van der Waals surface area contributed by atoms with Crippen LogP contribution in [0.1, 0.15) is 16.5 Å². The average Bonchev–Trinajstić information content (AvgIpc) is 3.36. The molecule has 1 aromatic heterocycles. The Hall–Kier alpha value is -3.09. The van der Waals surface area contributed by atoms with Gasteiger partial charge in [-0.3, -0.25) is 4.57 Å². The molecule has 31 heavy (non-hydrogen) atoms. The first-order valence-electron chi connectivity index (χ1n) is 9.87. The molecule has 1 heterocycles. The molecule has 0 unspecified atom stereocenters. The van der Waals surface area contributed by atoms with E-state index in [0.29, 0.717) is 0 Å². The maximum Gasteiger partial charge on any atom is 0.205 e. The number of hydrogen-bond donors (Lipinski definition) is 1. The third kappa shape index (κ3) is 4.98. The molecule has 0 aliphatic carbocycles. The van der Waals surface area contributed by atoms with E-state index < -0.39 is 13.3 Å². The normalized spacial score (nSPS) is 11.9. The quantitative estimate of drug-likeness (QED) is 0.322. The summed E-state index contributed by atoms with van der Waals surface area (Å²) in [6, 6.07) is 30.3. The van der Waals surface area contributed by atoms with Gasteiger partial charge >= 0.3 is 0 Å². The van der Waals surface area contributed by atoms with Crippen molar-refractivity contribution in [2.75, 3.05) is 7.11 Å².